The molecule has 2 aromatic heterocycles. The van der Waals surface area contributed by atoms with Crippen molar-refractivity contribution in [3.63, 3.8) is 0 Å². The summed E-state index contributed by atoms with van der Waals surface area (Å²) in [5, 5.41) is 2.63. The molecule has 1 aromatic carbocycles. The van der Waals surface area contributed by atoms with Crippen molar-refractivity contribution in [2.75, 3.05) is 4.90 Å². The molecule has 0 radical (unpaired) electrons. The van der Waals surface area contributed by atoms with Gasteiger partial charge in [0.25, 0.3) is 0 Å². The Morgan fingerprint density at radius 1 is 1.24 bits per heavy atom. The Bertz CT molecular complexity index is 991. The van der Waals surface area contributed by atoms with Gasteiger partial charge in [0, 0.05) is 17.6 Å². The van der Waals surface area contributed by atoms with E-state index in [0.717, 1.165) is 0 Å². The van der Waals surface area contributed by atoms with E-state index in [1.165, 1.54) is 28.4 Å². The summed E-state index contributed by atoms with van der Waals surface area (Å²) in [7, 11) is 0. The Kier molecular flexibility index (Phi) is 6.14. The average Bonchev–Trinajstić information content (AvgIpc) is 3.15. The zero-order chi connectivity index (χ0) is 21.2. The number of hydrogen-bond donors (Lipinski definition) is 0. The van der Waals surface area contributed by atoms with Crippen LogP contribution in [-0.4, -0.2) is 26.6 Å². The molecule has 0 unspecified atom stereocenters. The highest BCUT2D eigenvalue weighted by molar-refractivity contribution is 7.13. The lowest BCUT2D eigenvalue weighted by atomic mass is 10.1. The first-order valence-corrected chi connectivity index (χ1v) is 10.1. The van der Waals surface area contributed by atoms with Gasteiger partial charge in [0.2, 0.25) is 5.95 Å². The van der Waals surface area contributed by atoms with Gasteiger partial charge in [0.1, 0.15) is 27.3 Å². The number of ether oxygens (including phenoxy) is 1. The number of thiazole rings is 1. The summed E-state index contributed by atoms with van der Waals surface area (Å²) in [6, 6.07) is 6.92. The van der Waals surface area contributed by atoms with Crippen LogP contribution in [0.5, 0.6) is 0 Å². The molecule has 1 atom stereocenters. The molecule has 1 amide bonds. The molecular formula is C20H20ClFN4O2S. The number of carbonyl (C=O) groups excluding carboxylic acids is 1. The zero-order valence-corrected chi connectivity index (χ0v) is 18.0. The second-order valence-electron chi connectivity index (χ2n) is 7.29. The number of amides is 1. The highest BCUT2D eigenvalue weighted by Crippen LogP contribution is 2.30. The summed E-state index contributed by atoms with van der Waals surface area (Å²) in [4.78, 5) is 27.3. The molecule has 0 aliphatic carbocycles. The quantitative estimate of drug-likeness (QED) is 0.478. The van der Waals surface area contributed by atoms with Gasteiger partial charge in [-0.1, -0.05) is 23.7 Å². The summed E-state index contributed by atoms with van der Waals surface area (Å²) in [6.45, 7) is 7.09. The molecule has 0 fully saturated rings. The first kappa shape index (κ1) is 21.1. The molecule has 0 aliphatic rings. The van der Waals surface area contributed by atoms with Crippen LogP contribution < -0.4 is 4.90 Å². The Balaban J connectivity index is 2.07. The van der Waals surface area contributed by atoms with Gasteiger partial charge in [0.15, 0.2) is 0 Å². The summed E-state index contributed by atoms with van der Waals surface area (Å²) in [5.41, 5.74) is 0.459. The molecule has 0 spiro atoms. The maximum atomic E-state index is 13.4. The summed E-state index contributed by atoms with van der Waals surface area (Å²) in [5.74, 6) is -0.288. The van der Waals surface area contributed by atoms with Gasteiger partial charge in [-0.05, 0) is 45.4 Å². The predicted molar refractivity (Wildman–Crippen MR) is 112 cm³/mol. The molecule has 0 saturated heterocycles. The molecule has 0 N–H and O–H groups in total. The SMILES string of the molecule is C[C@@H](c1ccc(F)cc1)N(C(=O)OC(C)(C)C)c1nc(Cl)cc(-c2nccs2)n1. The Morgan fingerprint density at radius 3 is 2.52 bits per heavy atom. The maximum absolute atomic E-state index is 13.4. The fourth-order valence-electron chi connectivity index (χ4n) is 2.59. The number of rotatable bonds is 4. The van der Waals surface area contributed by atoms with Gasteiger partial charge in [0.05, 0.1) is 6.04 Å². The van der Waals surface area contributed by atoms with Gasteiger partial charge in [-0.3, -0.25) is 0 Å². The normalized spacial score (nSPS) is 12.5. The van der Waals surface area contributed by atoms with Crippen molar-refractivity contribution >= 4 is 35.0 Å². The standard InChI is InChI=1S/C20H20ClFN4O2S/c1-12(13-5-7-14(22)8-6-13)26(19(27)28-20(2,3)4)18-24-15(11-16(21)25-18)17-23-9-10-29-17/h5-12H,1-4H3/t12-/m0/s1. The lowest BCUT2D eigenvalue weighted by molar-refractivity contribution is 0.0565. The Morgan fingerprint density at radius 2 is 1.93 bits per heavy atom. The van der Waals surface area contributed by atoms with E-state index in [4.69, 9.17) is 16.3 Å². The lowest BCUT2D eigenvalue weighted by Crippen LogP contribution is -2.39. The Hall–Kier alpha value is -2.58. The second-order valence-corrected chi connectivity index (χ2v) is 8.57. The molecule has 0 aliphatic heterocycles. The minimum Gasteiger partial charge on any atom is -0.443 e. The van der Waals surface area contributed by atoms with Crippen molar-refractivity contribution in [1.29, 1.82) is 0 Å². The van der Waals surface area contributed by atoms with Crippen LogP contribution in [0.25, 0.3) is 10.7 Å². The van der Waals surface area contributed by atoms with Crippen molar-refractivity contribution < 1.29 is 13.9 Å². The Labute approximate surface area is 177 Å². The first-order chi connectivity index (χ1) is 13.6. The van der Waals surface area contributed by atoms with Crippen LogP contribution in [-0.2, 0) is 4.74 Å². The van der Waals surface area contributed by atoms with Gasteiger partial charge < -0.3 is 4.74 Å². The zero-order valence-electron chi connectivity index (χ0n) is 16.4. The molecule has 3 rings (SSSR count). The molecule has 2 heterocycles. The summed E-state index contributed by atoms with van der Waals surface area (Å²) >= 11 is 7.61. The highest BCUT2D eigenvalue weighted by atomic mass is 35.5. The van der Waals surface area contributed by atoms with E-state index >= 15 is 0 Å². The average molecular weight is 435 g/mol. The van der Waals surface area contributed by atoms with E-state index in [1.807, 2.05) is 5.38 Å². The third-order valence-corrected chi connectivity index (χ3v) is 4.87. The van der Waals surface area contributed by atoms with E-state index in [1.54, 1.807) is 52.1 Å². The van der Waals surface area contributed by atoms with Gasteiger partial charge in [-0.15, -0.1) is 11.3 Å². The third kappa shape index (κ3) is 5.27. The minimum absolute atomic E-state index is 0.0776. The third-order valence-electron chi connectivity index (χ3n) is 3.88. The molecular weight excluding hydrogens is 415 g/mol. The van der Waals surface area contributed by atoms with Crippen LogP contribution >= 0.6 is 22.9 Å². The van der Waals surface area contributed by atoms with Crippen LogP contribution in [0.4, 0.5) is 15.1 Å². The van der Waals surface area contributed by atoms with Crippen molar-refractivity contribution in [2.24, 2.45) is 0 Å². The first-order valence-electron chi connectivity index (χ1n) is 8.86. The number of anilines is 1. The van der Waals surface area contributed by atoms with Crippen LogP contribution in [0, 0.1) is 5.82 Å². The molecule has 152 valence electrons. The highest BCUT2D eigenvalue weighted by Gasteiger charge is 2.31. The molecule has 29 heavy (non-hydrogen) atoms. The number of nitrogens with zero attached hydrogens (tertiary/aromatic N) is 4. The number of aromatic nitrogens is 3. The summed E-state index contributed by atoms with van der Waals surface area (Å²) < 4.78 is 18.9. The largest absolute Gasteiger partial charge is 0.443 e. The molecule has 0 saturated carbocycles. The van der Waals surface area contributed by atoms with Crippen LogP contribution in [0.1, 0.15) is 39.3 Å². The molecule has 9 heteroatoms. The van der Waals surface area contributed by atoms with Crippen molar-refractivity contribution in [1.82, 2.24) is 15.0 Å². The van der Waals surface area contributed by atoms with E-state index in [0.29, 0.717) is 16.3 Å². The summed E-state index contributed by atoms with van der Waals surface area (Å²) in [6.07, 6.45) is 1.02. The number of hydrogen-bond acceptors (Lipinski definition) is 6. The number of halogens is 2. The topological polar surface area (TPSA) is 68.2 Å². The van der Waals surface area contributed by atoms with Crippen LogP contribution in [0.15, 0.2) is 41.9 Å². The molecule has 6 nitrogen and oxygen atoms in total. The van der Waals surface area contributed by atoms with E-state index in [-0.39, 0.29) is 16.9 Å². The number of benzene rings is 1. The fourth-order valence-corrected chi connectivity index (χ4v) is 3.36. The minimum atomic E-state index is -0.728. The van der Waals surface area contributed by atoms with Gasteiger partial charge in [-0.25, -0.2) is 29.0 Å². The van der Waals surface area contributed by atoms with E-state index < -0.39 is 17.7 Å². The fraction of sp³-hybridized carbons (Fsp3) is 0.300. The van der Waals surface area contributed by atoms with E-state index in [9.17, 15) is 9.18 Å². The van der Waals surface area contributed by atoms with Crippen LogP contribution in [0.3, 0.4) is 0 Å². The van der Waals surface area contributed by atoms with Crippen molar-refractivity contribution in [3.8, 4) is 10.7 Å². The number of carbonyl (C=O) groups is 1. The van der Waals surface area contributed by atoms with Gasteiger partial charge in [-0.2, -0.15) is 0 Å². The molecule has 3 aromatic rings. The van der Waals surface area contributed by atoms with E-state index in [2.05, 4.69) is 15.0 Å². The van der Waals surface area contributed by atoms with Crippen molar-refractivity contribution in [3.05, 3.63) is 58.4 Å². The van der Waals surface area contributed by atoms with Crippen LogP contribution in [0.2, 0.25) is 5.15 Å². The lowest BCUT2D eigenvalue weighted by Gasteiger charge is -2.30. The maximum Gasteiger partial charge on any atom is 0.417 e. The monoisotopic (exact) mass is 434 g/mol. The smallest absolute Gasteiger partial charge is 0.417 e. The van der Waals surface area contributed by atoms with Crippen molar-refractivity contribution in [2.45, 2.75) is 39.3 Å². The van der Waals surface area contributed by atoms with Gasteiger partial charge >= 0.3 is 6.09 Å². The predicted octanol–water partition coefficient (Wildman–Crippen LogP) is 5.90. The molecule has 0 bridgehead atoms. The second kappa shape index (κ2) is 8.42.